The molecule has 3 rings (SSSR count). The number of nitrogens with zero attached hydrogens (tertiary/aromatic N) is 2. The highest BCUT2D eigenvalue weighted by molar-refractivity contribution is 5.68. The summed E-state index contributed by atoms with van der Waals surface area (Å²) in [5.74, 6) is -1.13. The van der Waals surface area contributed by atoms with Gasteiger partial charge in [0.15, 0.2) is 12.2 Å². The molecule has 0 radical (unpaired) electrons. The van der Waals surface area contributed by atoms with E-state index in [0.717, 1.165) is 5.56 Å². The standard InChI is InChI=1S/C22H24N2O9/c1-12(25)30-18-11-29-22(21(32-14(3)27)20(18)31-13(2)26)33-19-10-9-17(23-24-19)15-5-7-16(28-4)8-6-15/h5-10,18,20-22H,11H2,1-4H3/t18-,20+,21-,22+/m1/s1. The van der Waals surface area contributed by atoms with E-state index in [4.69, 9.17) is 28.4 Å². The number of methoxy groups -OCH3 is 1. The van der Waals surface area contributed by atoms with Crippen LogP contribution < -0.4 is 9.47 Å². The monoisotopic (exact) mass is 460 g/mol. The van der Waals surface area contributed by atoms with Gasteiger partial charge in [0, 0.05) is 32.4 Å². The van der Waals surface area contributed by atoms with E-state index in [1.807, 2.05) is 12.1 Å². The molecule has 2 aromatic rings. The van der Waals surface area contributed by atoms with E-state index in [2.05, 4.69) is 10.2 Å². The second-order valence-corrected chi connectivity index (χ2v) is 7.10. The predicted molar refractivity (Wildman–Crippen MR) is 111 cm³/mol. The summed E-state index contributed by atoms with van der Waals surface area (Å²) in [5, 5.41) is 8.19. The third-order valence-corrected chi connectivity index (χ3v) is 4.57. The van der Waals surface area contributed by atoms with Gasteiger partial charge in [0.05, 0.1) is 19.4 Å². The molecule has 2 heterocycles. The van der Waals surface area contributed by atoms with E-state index in [1.165, 1.54) is 20.8 Å². The van der Waals surface area contributed by atoms with Crippen molar-refractivity contribution in [3.63, 3.8) is 0 Å². The lowest BCUT2D eigenvalue weighted by atomic mass is 10.0. The van der Waals surface area contributed by atoms with Gasteiger partial charge in [0.2, 0.25) is 18.3 Å². The van der Waals surface area contributed by atoms with Crippen LogP contribution in [0.5, 0.6) is 11.6 Å². The average molecular weight is 460 g/mol. The summed E-state index contributed by atoms with van der Waals surface area (Å²) >= 11 is 0. The van der Waals surface area contributed by atoms with Crippen LogP contribution in [0.15, 0.2) is 36.4 Å². The molecule has 0 spiro atoms. The third-order valence-electron chi connectivity index (χ3n) is 4.57. The molecule has 11 heteroatoms. The van der Waals surface area contributed by atoms with Gasteiger partial charge in [-0.2, -0.15) is 0 Å². The summed E-state index contributed by atoms with van der Waals surface area (Å²) in [5.41, 5.74) is 1.42. The Kier molecular flexibility index (Phi) is 7.78. The second-order valence-electron chi connectivity index (χ2n) is 7.10. The van der Waals surface area contributed by atoms with Crippen LogP contribution in [-0.2, 0) is 33.3 Å². The summed E-state index contributed by atoms with van der Waals surface area (Å²) in [7, 11) is 1.58. The van der Waals surface area contributed by atoms with E-state index in [-0.39, 0.29) is 12.5 Å². The maximum absolute atomic E-state index is 11.7. The minimum absolute atomic E-state index is 0.0851. The molecule has 0 amide bonds. The summed E-state index contributed by atoms with van der Waals surface area (Å²) < 4.78 is 32.2. The first-order chi connectivity index (χ1) is 15.8. The fraction of sp³-hybridized carbons (Fsp3) is 0.409. The summed E-state index contributed by atoms with van der Waals surface area (Å²) in [6.07, 6.45) is -4.53. The quantitative estimate of drug-likeness (QED) is 0.441. The topological polar surface area (TPSA) is 132 Å². The molecular weight excluding hydrogens is 436 g/mol. The van der Waals surface area contributed by atoms with E-state index in [1.54, 1.807) is 31.4 Å². The second kappa shape index (κ2) is 10.7. The highest BCUT2D eigenvalue weighted by atomic mass is 16.7. The van der Waals surface area contributed by atoms with Crippen LogP contribution in [0.3, 0.4) is 0 Å². The van der Waals surface area contributed by atoms with Crippen molar-refractivity contribution in [3.8, 4) is 22.9 Å². The summed E-state index contributed by atoms with van der Waals surface area (Å²) in [6, 6.07) is 10.5. The van der Waals surface area contributed by atoms with Crippen LogP contribution >= 0.6 is 0 Å². The van der Waals surface area contributed by atoms with Crippen LogP contribution in [-0.4, -0.2) is 66.4 Å². The van der Waals surface area contributed by atoms with Crippen molar-refractivity contribution >= 4 is 17.9 Å². The minimum Gasteiger partial charge on any atom is -0.497 e. The Bertz CT molecular complexity index is 978. The van der Waals surface area contributed by atoms with E-state index < -0.39 is 42.5 Å². The van der Waals surface area contributed by atoms with Gasteiger partial charge < -0.3 is 28.4 Å². The van der Waals surface area contributed by atoms with Crippen molar-refractivity contribution in [1.82, 2.24) is 10.2 Å². The smallest absolute Gasteiger partial charge is 0.303 e. The molecule has 1 aromatic carbocycles. The lowest BCUT2D eigenvalue weighted by Gasteiger charge is -2.39. The molecule has 0 saturated carbocycles. The molecule has 33 heavy (non-hydrogen) atoms. The Morgan fingerprint density at radius 2 is 1.48 bits per heavy atom. The Morgan fingerprint density at radius 1 is 0.848 bits per heavy atom. The van der Waals surface area contributed by atoms with Crippen LogP contribution in [0, 0.1) is 0 Å². The largest absolute Gasteiger partial charge is 0.497 e. The Hall–Kier alpha value is -3.73. The van der Waals surface area contributed by atoms with Gasteiger partial charge in [-0.1, -0.05) is 0 Å². The van der Waals surface area contributed by atoms with Crippen LogP contribution in [0.25, 0.3) is 11.3 Å². The number of esters is 3. The zero-order valence-electron chi connectivity index (χ0n) is 18.5. The van der Waals surface area contributed by atoms with Crippen molar-refractivity contribution in [2.45, 2.75) is 45.4 Å². The van der Waals surface area contributed by atoms with Gasteiger partial charge >= 0.3 is 17.9 Å². The molecule has 1 aliphatic rings. The zero-order chi connectivity index (χ0) is 24.0. The molecular formula is C22H24N2O9. The average Bonchev–Trinajstić information content (AvgIpc) is 2.77. The normalized spacial score (nSPS) is 22.1. The highest BCUT2D eigenvalue weighted by Gasteiger charge is 2.48. The SMILES string of the molecule is COc1ccc(-c2ccc(O[C@@H]3OC[C@@H](OC(C)=O)[C@H](OC(C)=O)[C@H]3OC(C)=O)nn2)cc1. The lowest BCUT2D eigenvalue weighted by molar-refractivity contribution is -0.260. The number of carbonyl (C=O) groups is 3. The van der Waals surface area contributed by atoms with E-state index >= 15 is 0 Å². The molecule has 176 valence electrons. The van der Waals surface area contributed by atoms with Crippen molar-refractivity contribution in [3.05, 3.63) is 36.4 Å². The number of benzene rings is 1. The van der Waals surface area contributed by atoms with Crippen LogP contribution in [0.4, 0.5) is 0 Å². The fourth-order valence-electron chi connectivity index (χ4n) is 3.23. The van der Waals surface area contributed by atoms with E-state index in [9.17, 15) is 14.4 Å². The molecule has 0 bridgehead atoms. The van der Waals surface area contributed by atoms with Crippen molar-refractivity contribution in [2.24, 2.45) is 0 Å². The van der Waals surface area contributed by atoms with Crippen molar-refractivity contribution in [2.75, 3.05) is 13.7 Å². The molecule has 0 aliphatic carbocycles. The predicted octanol–water partition coefficient (Wildman–Crippen LogP) is 1.68. The zero-order valence-corrected chi connectivity index (χ0v) is 18.5. The number of carbonyl (C=O) groups excluding carboxylic acids is 3. The lowest BCUT2D eigenvalue weighted by Crippen LogP contribution is -2.59. The maximum atomic E-state index is 11.7. The van der Waals surface area contributed by atoms with Crippen molar-refractivity contribution in [1.29, 1.82) is 0 Å². The van der Waals surface area contributed by atoms with Gasteiger partial charge in [0.1, 0.15) is 5.75 Å². The Labute approximate surface area is 189 Å². The van der Waals surface area contributed by atoms with Gasteiger partial charge in [-0.25, -0.2) is 0 Å². The molecule has 0 unspecified atom stereocenters. The number of hydrogen-bond acceptors (Lipinski definition) is 11. The molecule has 11 nitrogen and oxygen atoms in total. The fourth-order valence-corrected chi connectivity index (χ4v) is 3.23. The summed E-state index contributed by atoms with van der Waals surface area (Å²) in [6.45, 7) is 3.41. The first-order valence-electron chi connectivity index (χ1n) is 10.0. The van der Waals surface area contributed by atoms with Gasteiger partial charge in [-0.05, 0) is 30.3 Å². The molecule has 0 N–H and O–H groups in total. The molecule has 4 atom stereocenters. The maximum Gasteiger partial charge on any atom is 0.303 e. The first kappa shape index (κ1) is 23.9. The molecule has 1 fully saturated rings. The molecule has 1 aliphatic heterocycles. The number of rotatable bonds is 7. The van der Waals surface area contributed by atoms with Crippen molar-refractivity contribution < 1.29 is 42.8 Å². The Morgan fingerprint density at radius 3 is 2.03 bits per heavy atom. The first-order valence-corrected chi connectivity index (χ1v) is 10.0. The molecule has 1 aromatic heterocycles. The van der Waals surface area contributed by atoms with Gasteiger partial charge in [0.25, 0.3) is 0 Å². The van der Waals surface area contributed by atoms with Gasteiger partial charge in [-0.3, -0.25) is 14.4 Å². The number of hydrogen-bond donors (Lipinski definition) is 0. The van der Waals surface area contributed by atoms with Gasteiger partial charge in [-0.15, -0.1) is 10.2 Å². The van der Waals surface area contributed by atoms with E-state index in [0.29, 0.717) is 11.4 Å². The Balaban J connectivity index is 1.78. The number of ether oxygens (including phenoxy) is 6. The van der Waals surface area contributed by atoms with Crippen LogP contribution in [0.2, 0.25) is 0 Å². The number of aromatic nitrogens is 2. The molecule has 1 saturated heterocycles. The minimum atomic E-state index is -1.22. The highest BCUT2D eigenvalue weighted by Crippen LogP contribution is 2.27. The summed E-state index contributed by atoms with van der Waals surface area (Å²) in [4.78, 5) is 34.8. The van der Waals surface area contributed by atoms with Crippen LogP contribution in [0.1, 0.15) is 20.8 Å². The third kappa shape index (κ3) is 6.39.